The van der Waals surface area contributed by atoms with Crippen molar-refractivity contribution in [3.8, 4) is 11.5 Å². The Kier molecular flexibility index (Phi) is 4.64. The van der Waals surface area contributed by atoms with Crippen LogP contribution in [0.5, 0.6) is 11.5 Å². The summed E-state index contributed by atoms with van der Waals surface area (Å²) in [6, 6.07) is 0.959. The Morgan fingerprint density at radius 2 is 1.00 bits per heavy atom. The molecule has 0 saturated heterocycles. The molecule has 2 aromatic carbocycles. The van der Waals surface area contributed by atoms with E-state index in [1.165, 1.54) is 0 Å². The molecule has 148 valence electrons. The fraction of sp³-hybridized carbons (Fsp3) is 0.143. The van der Waals surface area contributed by atoms with Gasteiger partial charge in [0, 0.05) is 0 Å². The van der Waals surface area contributed by atoms with E-state index in [0.717, 1.165) is 0 Å². The molecule has 0 saturated carbocycles. The Balaban J connectivity index is 2.78. The number of hydrogen-bond acceptors (Lipinski definition) is 6. The van der Waals surface area contributed by atoms with Crippen molar-refractivity contribution in [2.45, 2.75) is 22.1 Å². The number of anilines is 2. The summed E-state index contributed by atoms with van der Waals surface area (Å²) < 4.78 is 103. The lowest BCUT2D eigenvalue weighted by molar-refractivity contribution is -0.139. The number of benzene rings is 2. The van der Waals surface area contributed by atoms with Gasteiger partial charge in [-0.1, -0.05) is 0 Å². The lowest BCUT2D eigenvalue weighted by Crippen LogP contribution is -2.12. The summed E-state index contributed by atoms with van der Waals surface area (Å²) in [7, 11) is -4.97. The summed E-state index contributed by atoms with van der Waals surface area (Å²) in [6.45, 7) is 0. The first-order valence-corrected chi connectivity index (χ1v) is 8.19. The molecule has 2 rings (SSSR count). The molecule has 0 aromatic heterocycles. The van der Waals surface area contributed by atoms with Crippen molar-refractivity contribution in [3.05, 3.63) is 35.4 Å². The van der Waals surface area contributed by atoms with Gasteiger partial charge in [-0.15, -0.1) is 0 Å². The lowest BCUT2D eigenvalue weighted by atomic mass is 10.1. The monoisotopic (exact) mass is 416 g/mol. The van der Waals surface area contributed by atoms with Gasteiger partial charge in [-0.05, 0) is 24.3 Å². The minimum absolute atomic E-state index is 0.0251. The average Bonchev–Trinajstić information content (AvgIpc) is 2.49. The van der Waals surface area contributed by atoms with E-state index < -0.39 is 66.0 Å². The maximum atomic E-state index is 12.9. The largest absolute Gasteiger partial charge is 0.505 e. The van der Waals surface area contributed by atoms with E-state index in [9.17, 15) is 45.0 Å². The standard InChI is InChI=1S/C14H10F6N2O4S/c15-13(16,17)7-1-5(3-9(21)11(7)23)27(25,26)6-2-8(14(18,19)20)12(24)10(22)4-6/h1-4,23-24H,21-22H2. The molecule has 6 N–H and O–H groups in total. The van der Waals surface area contributed by atoms with E-state index in [4.69, 9.17) is 11.5 Å². The van der Waals surface area contributed by atoms with Gasteiger partial charge in [0.1, 0.15) is 11.1 Å². The van der Waals surface area contributed by atoms with Crippen LogP contribution in [0.3, 0.4) is 0 Å². The van der Waals surface area contributed by atoms with E-state index >= 15 is 0 Å². The van der Waals surface area contributed by atoms with Crippen LogP contribution in [0.15, 0.2) is 34.1 Å². The predicted molar refractivity (Wildman–Crippen MR) is 80.5 cm³/mol. The number of rotatable bonds is 2. The maximum Gasteiger partial charge on any atom is 0.420 e. The topological polar surface area (TPSA) is 127 Å². The first-order chi connectivity index (χ1) is 12.1. The lowest BCUT2D eigenvalue weighted by Gasteiger charge is -2.15. The third-order valence-corrected chi connectivity index (χ3v) is 5.17. The van der Waals surface area contributed by atoms with Crippen molar-refractivity contribution < 1.29 is 45.0 Å². The summed E-state index contributed by atoms with van der Waals surface area (Å²) in [5.74, 6) is -2.86. The molecule has 0 unspecified atom stereocenters. The number of phenolic OH excluding ortho intramolecular Hbond substituents is 2. The van der Waals surface area contributed by atoms with Gasteiger partial charge < -0.3 is 21.7 Å². The van der Waals surface area contributed by atoms with Gasteiger partial charge in [0.15, 0.2) is 11.5 Å². The van der Waals surface area contributed by atoms with Crippen LogP contribution in [-0.4, -0.2) is 18.6 Å². The Morgan fingerprint density at radius 1 is 0.704 bits per heavy atom. The third-order valence-electron chi connectivity index (χ3n) is 3.46. The second-order valence-corrected chi connectivity index (χ2v) is 7.27. The summed E-state index contributed by atoms with van der Waals surface area (Å²) in [6.07, 6.45) is -10.4. The molecule has 6 nitrogen and oxygen atoms in total. The zero-order valence-electron chi connectivity index (χ0n) is 12.9. The Labute approximate surface area is 147 Å². The van der Waals surface area contributed by atoms with Crippen molar-refractivity contribution >= 4 is 21.2 Å². The van der Waals surface area contributed by atoms with Crippen molar-refractivity contribution in [3.63, 3.8) is 0 Å². The van der Waals surface area contributed by atoms with E-state index in [1.807, 2.05) is 0 Å². The zero-order chi connectivity index (χ0) is 20.9. The molecule has 0 atom stereocenters. The van der Waals surface area contributed by atoms with E-state index in [2.05, 4.69) is 0 Å². The first-order valence-electron chi connectivity index (χ1n) is 6.71. The predicted octanol–water partition coefficient (Wildman–Crippen LogP) is 3.13. The Bertz CT molecular complexity index is 940. The Hall–Kier alpha value is -2.83. The SMILES string of the molecule is Nc1cc(S(=O)(=O)c2cc(N)c(O)c(C(F)(F)F)c2)cc(C(F)(F)F)c1O. The molecular weight excluding hydrogens is 406 g/mol. The number of halogens is 6. The van der Waals surface area contributed by atoms with Crippen molar-refractivity contribution in [2.75, 3.05) is 11.5 Å². The zero-order valence-corrected chi connectivity index (χ0v) is 13.7. The second-order valence-electron chi connectivity index (χ2n) is 5.32. The van der Waals surface area contributed by atoms with Crippen LogP contribution in [0.2, 0.25) is 0 Å². The van der Waals surface area contributed by atoms with Gasteiger partial charge >= 0.3 is 12.4 Å². The first kappa shape index (κ1) is 20.5. The molecule has 0 bridgehead atoms. The summed E-state index contributed by atoms with van der Waals surface area (Å²) in [5, 5.41) is 18.8. The molecule has 27 heavy (non-hydrogen) atoms. The highest BCUT2D eigenvalue weighted by molar-refractivity contribution is 7.91. The van der Waals surface area contributed by atoms with Crippen LogP contribution in [0.25, 0.3) is 0 Å². The highest BCUT2D eigenvalue weighted by atomic mass is 32.2. The molecule has 0 aliphatic heterocycles. The molecule has 0 aliphatic rings. The van der Waals surface area contributed by atoms with Crippen molar-refractivity contribution in [1.82, 2.24) is 0 Å². The number of nitrogens with two attached hydrogens (primary N) is 2. The van der Waals surface area contributed by atoms with Crippen LogP contribution in [0, 0.1) is 0 Å². The van der Waals surface area contributed by atoms with Crippen LogP contribution in [0.1, 0.15) is 11.1 Å². The van der Waals surface area contributed by atoms with Gasteiger partial charge in [0.2, 0.25) is 9.84 Å². The molecule has 0 heterocycles. The molecule has 0 aliphatic carbocycles. The van der Waals surface area contributed by atoms with Gasteiger partial charge in [-0.2, -0.15) is 26.3 Å². The average molecular weight is 416 g/mol. The second kappa shape index (κ2) is 6.11. The number of aromatic hydroxyl groups is 2. The van der Waals surface area contributed by atoms with Crippen LogP contribution >= 0.6 is 0 Å². The van der Waals surface area contributed by atoms with Gasteiger partial charge in [-0.25, -0.2) is 8.42 Å². The van der Waals surface area contributed by atoms with Crippen LogP contribution in [0.4, 0.5) is 37.7 Å². The summed E-state index contributed by atoms with van der Waals surface area (Å²) >= 11 is 0. The number of phenols is 2. The molecular formula is C14H10F6N2O4S. The highest BCUT2D eigenvalue weighted by Gasteiger charge is 2.39. The van der Waals surface area contributed by atoms with Gasteiger partial charge in [-0.3, -0.25) is 0 Å². The minimum Gasteiger partial charge on any atom is -0.505 e. The minimum atomic E-state index is -5.19. The van der Waals surface area contributed by atoms with Crippen molar-refractivity contribution in [1.29, 1.82) is 0 Å². The Morgan fingerprint density at radius 3 is 1.26 bits per heavy atom. The molecule has 0 fully saturated rings. The summed E-state index contributed by atoms with van der Waals surface area (Å²) in [5.41, 5.74) is 4.89. The van der Waals surface area contributed by atoms with E-state index in [0.29, 0.717) is 12.1 Å². The number of alkyl halides is 6. The molecule has 13 heteroatoms. The van der Waals surface area contributed by atoms with Crippen LogP contribution in [-0.2, 0) is 22.2 Å². The number of nitrogen functional groups attached to an aromatic ring is 2. The van der Waals surface area contributed by atoms with Crippen molar-refractivity contribution in [2.24, 2.45) is 0 Å². The van der Waals surface area contributed by atoms with Gasteiger partial charge in [0.05, 0.1) is 21.2 Å². The molecule has 0 amide bonds. The fourth-order valence-corrected chi connectivity index (χ4v) is 3.52. The van der Waals surface area contributed by atoms with E-state index in [1.54, 1.807) is 0 Å². The normalized spacial score (nSPS) is 13.0. The van der Waals surface area contributed by atoms with Crippen LogP contribution < -0.4 is 11.5 Å². The smallest absolute Gasteiger partial charge is 0.420 e. The molecule has 0 spiro atoms. The molecule has 2 aromatic rings. The maximum absolute atomic E-state index is 12.9. The quantitative estimate of drug-likeness (QED) is 0.339. The fourth-order valence-electron chi connectivity index (χ4n) is 2.14. The number of sulfone groups is 1. The number of hydrogen-bond donors (Lipinski definition) is 4. The molecule has 0 radical (unpaired) electrons. The van der Waals surface area contributed by atoms with Gasteiger partial charge in [0.25, 0.3) is 0 Å². The summed E-state index contributed by atoms with van der Waals surface area (Å²) in [4.78, 5) is -2.24. The highest BCUT2D eigenvalue weighted by Crippen LogP contribution is 2.44. The third kappa shape index (κ3) is 3.67. The van der Waals surface area contributed by atoms with E-state index in [-0.39, 0.29) is 12.1 Å².